The Bertz CT molecular complexity index is 930. The van der Waals surface area contributed by atoms with Gasteiger partial charge in [-0.3, -0.25) is 9.59 Å². The van der Waals surface area contributed by atoms with Gasteiger partial charge in [-0.05, 0) is 17.7 Å². The molecule has 1 aromatic heterocycles. The maximum Gasteiger partial charge on any atom is 0.416 e. The molecule has 24 heavy (non-hydrogen) atoms. The summed E-state index contributed by atoms with van der Waals surface area (Å²) in [5, 5.41) is 0. The van der Waals surface area contributed by atoms with E-state index in [1.165, 1.54) is 30.4 Å². The summed E-state index contributed by atoms with van der Waals surface area (Å²) in [5.41, 5.74) is -2.03. The lowest BCUT2D eigenvalue weighted by Gasteiger charge is -2.12. The van der Waals surface area contributed by atoms with Crippen LogP contribution in [0.15, 0.2) is 29.1 Å². The lowest BCUT2D eigenvalue weighted by atomic mass is 9.91. The van der Waals surface area contributed by atoms with Crippen molar-refractivity contribution in [1.82, 2.24) is 4.98 Å². The lowest BCUT2D eigenvalue weighted by molar-refractivity contribution is -0.137. The van der Waals surface area contributed by atoms with E-state index >= 15 is 0 Å². The number of ketones is 1. The molecule has 0 saturated heterocycles. The highest BCUT2D eigenvalue weighted by atomic mass is 32.1. The summed E-state index contributed by atoms with van der Waals surface area (Å²) in [6.07, 6.45) is -2.02. The Morgan fingerprint density at radius 3 is 2.38 bits per heavy atom. The summed E-state index contributed by atoms with van der Waals surface area (Å²) >= 11 is 0.951. The number of halogens is 3. The summed E-state index contributed by atoms with van der Waals surface area (Å²) in [6, 6.07) is 5.02. The van der Waals surface area contributed by atoms with Gasteiger partial charge in [-0.1, -0.05) is 39.0 Å². The number of hydrogen-bond donors (Lipinski definition) is 1. The van der Waals surface area contributed by atoms with Gasteiger partial charge in [0.1, 0.15) is 0 Å². The molecule has 0 aliphatic heterocycles. The number of aromatic nitrogens is 1. The molecule has 0 saturated carbocycles. The maximum atomic E-state index is 13.0. The second kappa shape index (κ2) is 6.39. The van der Waals surface area contributed by atoms with Gasteiger partial charge >= 0.3 is 6.18 Å². The molecule has 0 bridgehead atoms. The summed E-state index contributed by atoms with van der Waals surface area (Å²) in [7, 11) is 0. The van der Waals surface area contributed by atoms with Crippen LogP contribution in [0.4, 0.5) is 13.2 Å². The molecule has 0 atom stereocenters. The minimum Gasteiger partial charge on any atom is -0.313 e. The number of carbonyl (C=O) groups excluding carboxylic acids is 1. The van der Waals surface area contributed by atoms with Crippen molar-refractivity contribution in [1.29, 1.82) is 0 Å². The van der Waals surface area contributed by atoms with Gasteiger partial charge in [0.2, 0.25) is 0 Å². The molecule has 0 aliphatic carbocycles. The quantitative estimate of drug-likeness (QED) is 0.900. The Labute approximate surface area is 140 Å². The molecule has 0 aliphatic rings. The fourth-order valence-electron chi connectivity index (χ4n) is 1.88. The molecule has 7 heteroatoms. The summed E-state index contributed by atoms with van der Waals surface area (Å²) in [4.78, 5) is 26.4. The molecule has 0 radical (unpaired) electrons. The van der Waals surface area contributed by atoms with Crippen LogP contribution in [0, 0.1) is 5.41 Å². The highest BCUT2D eigenvalue weighted by Gasteiger charge is 2.32. The van der Waals surface area contributed by atoms with Crippen molar-refractivity contribution < 1.29 is 18.0 Å². The number of alkyl halides is 3. The minimum absolute atomic E-state index is 0.0916. The Balaban J connectivity index is 2.57. The monoisotopic (exact) mass is 355 g/mol. The number of carbonyl (C=O) groups is 1. The molecule has 128 valence electrons. The third-order valence-corrected chi connectivity index (χ3v) is 4.20. The van der Waals surface area contributed by atoms with E-state index in [-0.39, 0.29) is 15.9 Å². The number of nitrogens with one attached hydrogen (secondary N) is 1. The standard InChI is InChI=1S/C17H16F3NO2S/c1-16(2,3)13(22)9-14-21-15(23)12(24-14)8-10-6-4-5-7-11(10)17(18,19)20/h4-9H,1-3H3,(H,21,23)/b12-8-,14-9-. The van der Waals surface area contributed by atoms with Crippen molar-refractivity contribution in [2.75, 3.05) is 0 Å². The van der Waals surface area contributed by atoms with E-state index in [2.05, 4.69) is 4.98 Å². The van der Waals surface area contributed by atoms with Crippen LogP contribution in [0.3, 0.4) is 0 Å². The van der Waals surface area contributed by atoms with Crippen molar-refractivity contribution in [2.45, 2.75) is 26.9 Å². The first kappa shape index (κ1) is 18.2. The van der Waals surface area contributed by atoms with E-state index in [1.54, 1.807) is 20.8 Å². The smallest absolute Gasteiger partial charge is 0.313 e. The van der Waals surface area contributed by atoms with Gasteiger partial charge in [-0.2, -0.15) is 13.2 Å². The van der Waals surface area contributed by atoms with Gasteiger partial charge < -0.3 is 4.98 Å². The van der Waals surface area contributed by atoms with Crippen LogP contribution in [0.5, 0.6) is 0 Å². The summed E-state index contributed by atoms with van der Waals surface area (Å²) in [6.45, 7) is 5.22. The van der Waals surface area contributed by atoms with Crippen LogP contribution < -0.4 is 14.8 Å². The average Bonchev–Trinajstić information content (AvgIpc) is 2.77. The number of aromatic amines is 1. The highest BCUT2D eigenvalue weighted by molar-refractivity contribution is 7.07. The molecular formula is C17H16F3NO2S. The summed E-state index contributed by atoms with van der Waals surface area (Å²) in [5.74, 6) is -0.178. The molecule has 1 aromatic carbocycles. The Morgan fingerprint density at radius 1 is 1.17 bits per heavy atom. The Kier molecular flexibility index (Phi) is 4.85. The predicted octanol–water partition coefficient (Wildman–Crippen LogP) is 2.68. The number of H-pyrrole nitrogens is 1. The molecule has 0 spiro atoms. The van der Waals surface area contributed by atoms with E-state index in [9.17, 15) is 22.8 Å². The average molecular weight is 355 g/mol. The van der Waals surface area contributed by atoms with E-state index in [4.69, 9.17) is 0 Å². The second-order valence-corrected chi connectivity index (χ2v) is 7.36. The fourth-order valence-corrected chi connectivity index (χ4v) is 2.76. The zero-order chi connectivity index (χ0) is 18.1. The molecule has 3 nitrogen and oxygen atoms in total. The van der Waals surface area contributed by atoms with Crippen molar-refractivity contribution in [3.63, 3.8) is 0 Å². The number of Topliss-reactive ketones (excluding diaryl/α,β-unsaturated/α-hetero) is 1. The minimum atomic E-state index is -4.51. The van der Waals surface area contributed by atoms with Crippen LogP contribution in [0.1, 0.15) is 31.9 Å². The van der Waals surface area contributed by atoms with Crippen molar-refractivity contribution >= 4 is 29.3 Å². The lowest BCUT2D eigenvalue weighted by Crippen LogP contribution is -2.22. The fraction of sp³-hybridized carbons (Fsp3) is 0.294. The van der Waals surface area contributed by atoms with Crippen molar-refractivity contribution in [3.8, 4) is 0 Å². The van der Waals surface area contributed by atoms with Crippen LogP contribution in [0.2, 0.25) is 0 Å². The number of thiazole rings is 1. The van der Waals surface area contributed by atoms with Gasteiger partial charge in [0.15, 0.2) is 5.78 Å². The third-order valence-electron chi connectivity index (χ3n) is 3.23. The molecule has 1 N–H and O–H groups in total. The number of rotatable bonds is 2. The number of benzene rings is 1. The largest absolute Gasteiger partial charge is 0.416 e. The zero-order valence-corrected chi connectivity index (χ0v) is 14.1. The first-order valence-electron chi connectivity index (χ1n) is 7.12. The third kappa shape index (κ3) is 4.23. The van der Waals surface area contributed by atoms with Crippen molar-refractivity contribution in [2.24, 2.45) is 5.41 Å². The van der Waals surface area contributed by atoms with Crippen LogP contribution in [-0.4, -0.2) is 10.8 Å². The zero-order valence-electron chi connectivity index (χ0n) is 13.3. The van der Waals surface area contributed by atoms with Gasteiger partial charge in [0.05, 0.1) is 14.8 Å². The molecule has 0 fully saturated rings. The van der Waals surface area contributed by atoms with E-state index in [0.29, 0.717) is 4.66 Å². The van der Waals surface area contributed by atoms with Crippen LogP contribution in [0.25, 0.3) is 12.2 Å². The van der Waals surface area contributed by atoms with Gasteiger partial charge in [0.25, 0.3) is 5.56 Å². The first-order chi connectivity index (χ1) is 11.0. The highest BCUT2D eigenvalue weighted by Crippen LogP contribution is 2.32. The molecule has 2 rings (SSSR count). The topological polar surface area (TPSA) is 49.9 Å². The van der Waals surface area contributed by atoms with Crippen LogP contribution >= 0.6 is 11.3 Å². The van der Waals surface area contributed by atoms with Gasteiger partial charge in [0, 0.05) is 11.5 Å². The molecule has 0 unspecified atom stereocenters. The first-order valence-corrected chi connectivity index (χ1v) is 7.93. The van der Waals surface area contributed by atoms with Gasteiger partial charge in [-0.25, -0.2) is 0 Å². The van der Waals surface area contributed by atoms with Gasteiger partial charge in [-0.15, -0.1) is 11.3 Å². The molecule has 2 aromatic rings. The van der Waals surface area contributed by atoms with Crippen LogP contribution in [-0.2, 0) is 11.0 Å². The Hall–Kier alpha value is -2.15. The number of hydrogen-bond acceptors (Lipinski definition) is 3. The normalized spacial score (nSPS) is 14.2. The molecule has 0 amide bonds. The summed E-state index contributed by atoms with van der Waals surface area (Å²) < 4.78 is 39.4. The van der Waals surface area contributed by atoms with E-state index < -0.39 is 22.7 Å². The SMILES string of the molecule is CC(C)(C)C(=O)/C=c1/[nH]c(=O)/c(=C/c2ccccc2C(F)(F)F)s1. The maximum absolute atomic E-state index is 13.0. The van der Waals surface area contributed by atoms with E-state index in [1.807, 2.05) is 0 Å². The Morgan fingerprint density at radius 2 is 1.79 bits per heavy atom. The molecular weight excluding hydrogens is 339 g/mol. The predicted molar refractivity (Wildman–Crippen MR) is 88.1 cm³/mol. The van der Waals surface area contributed by atoms with E-state index in [0.717, 1.165) is 17.4 Å². The molecule has 1 heterocycles. The second-order valence-electron chi connectivity index (χ2n) is 6.27. The van der Waals surface area contributed by atoms with Crippen molar-refractivity contribution in [3.05, 3.63) is 54.9 Å².